The van der Waals surface area contributed by atoms with E-state index in [4.69, 9.17) is 23.2 Å². The predicted octanol–water partition coefficient (Wildman–Crippen LogP) is 4.40. The van der Waals surface area contributed by atoms with E-state index < -0.39 is 22.0 Å². The quantitative estimate of drug-likeness (QED) is 0.787. The summed E-state index contributed by atoms with van der Waals surface area (Å²) in [6, 6.07) is 9.21. The van der Waals surface area contributed by atoms with E-state index in [-0.39, 0.29) is 15.7 Å². The van der Waals surface area contributed by atoms with Gasteiger partial charge in [0.2, 0.25) is 15.9 Å². The number of para-hydroxylation sites is 1. The van der Waals surface area contributed by atoms with Crippen molar-refractivity contribution in [1.29, 1.82) is 0 Å². The Labute approximate surface area is 164 Å². The first-order chi connectivity index (χ1) is 12.0. The summed E-state index contributed by atoms with van der Waals surface area (Å²) in [4.78, 5) is 12.7. The van der Waals surface area contributed by atoms with Gasteiger partial charge in [-0.3, -0.25) is 9.10 Å². The van der Waals surface area contributed by atoms with Gasteiger partial charge in [0.15, 0.2) is 0 Å². The van der Waals surface area contributed by atoms with Gasteiger partial charge in [-0.2, -0.15) is 0 Å². The van der Waals surface area contributed by atoms with Crippen molar-refractivity contribution in [2.45, 2.75) is 26.8 Å². The molecule has 1 atom stereocenters. The number of hydrogen-bond donors (Lipinski definition) is 1. The molecule has 0 aliphatic rings. The summed E-state index contributed by atoms with van der Waals surface area (Å²) in [5.74, 6) is -0.537. The zero-order valence-corrected chi connectivity index (χ0v) is 17.2. The fourth-order valence-corrected chi connectivity index (χ4v) is 4.38. The molecule has 0 aromatic heterocycles. The van der Waals surface area contributed by atoms with Crippen molar-refractivity contribution in [2.75, 3.05) is 15.9 Å². The highest BCUT2D eigenvalue weighted by Gasteiger charge is 2.30. The van der Waals surface area contributed by atoms with Crippen LogP contribution in [0.25, 0.3) is 0 Å². The maximum atomic E-state index is 12.7. The average molecular weight is 415 g/mol. The number of nitrogens with zero attached hydrogens (tertiary/aromatic N) is 1. The summed E-state index contributed by atoms with van der Waals surface area (Å²) in [7, 11) is -3.70. The highest BCUT2D eigenvalue weighted by molar-refractivity contribution is 7.92. The van der Waals surface area contributed by atoms with Crippen LogP contribution in [0.3, 0.4) is 0 Å². The molecule has 140 valence electrons. The number of aryl methyl sites for hydroxylation is 2. The Hall–Kier alpha value is -1.76. The predicted molar refractivity (Wildman–Crippen MR) is 108 cm³/mol. The second kappa shape index (κ2) is 7.86. The van der Waals surface area contributed by atoms with Crippen LogP contribution < -0.4 is 9.62 Å². The van der Waals surface area contributed by atoms with E-state index in [0.29, 0.717) is 5.69 Å². The molecule has 8 heteroatoms. The van der Waals surface area contributed by atoms with Gasteiger partial charge in [-0.1, -0.05) is 35.3 Å². The lowest BCUT2D eigenvalue weighted by molar-refractivity contribution is -0.116. The second-order valence-corrected chi connectivity index (χ2v) is 8.84. The normalized spacial score (nSPS) is 12.5. The van der Waals surface area contributed by atoms with Crippen molar-refractivity contribution < 1.29 is 13.2 Å². The molecule has 1 amide bonds. The van der Waals surface area contributed by atoms with Crippen LogP contribution in [-0.2, 0) is 14.8 Å². The number of hydrogen-bond acceptors (Lipinski definition) is 3. The SMILES string of the molecule is Cc1cc(C)cc(N([C@H](C)C(=O)Nc2c(Cl)cccc2Cl)S(C)(=O)=O)c1. The van der Waals surface area contributed by atoms with Crippen molar-refractivity contribution in [3.63, 3.8) is 0 Å². The molecule has 0 saturated carbocycles. The van der Waals surface area contributed by atoms with Gasteiger partial charge < -0.3 is 5.32 Å². The molecular formula is C18H20Cl2N2O3S. The van der Waals surface area contributed by atoms with E-state index in [1.54, 1.807) is 30.3 Å². The van der Waals surface area contributed by atoms with E-state index in [1.165, 1.54) is 6.92 Å². The number of sulfonamides is 1. The van der Waals surface area contributed by atoms with E-state index in [2.05, 4.69) is 5.32 Å². The molecule has 2 aromatic carbocycles. The minimum absolute atomic E-state index is 0.251. The molecule has 0 heterocycles. The van der Waals surface area contributed by atoms with Crippen LogP contribution in [0.15, 0.2) is 36.4 Å². The van der Waals surface area contributed by atoms with E-state index in [0.717, 1.165) is 21.7 Å². The third-order valence-electron chi connectivity index (χ3n) is 3.76. The molecule has 0 unspecified atom stereocenters. The van der Waals surface area contributed by atoms with Crippen LogP contribution in [0.1, 0.15) is 18.1 Å². The number of amides is 1. The Bertz CT molecular complexity index is 905. The minimum atomic E-state index is -3.70. The highest BCUT2D eigenvalue weighted by Crippen LogP contribution is 2.31. The topological polar surface area (TPSA) is 66.5 Å². The molecule has 26 heavy (non-hydrogen) atoms. The number of nitrogens with one attached hydrogen (secondary N) is 1. The molecule has 0 fully saturated rings. The van der Waals surface area contributed by atoms with Gasteiger partial charge in [0, 0.05) is 0 Å². The maximum absolute atomic E-state index is 12.7. The summed E-state index contributed by atoms with van der Waals surface area (Å²) in [5, 5.41) is 3.17. The summed E-state index contributed by atoms with van der Waals surface area (Å²) in [6.45, 7) is 5.25. The lowest BCUT2D eigenvalue weighted by Crippen LogP contribution is -2.45. The zero-order valence-electron chi connectivity index (χ0n) is 14.9. The molecule has 2 aromatic rings. The first-order valence-electron chi connectivity index (χ1n) is 7.83. The van der Waals surface area contributed by atoms with E-state index >= 15 is 0 Å². The molecule has 0 aliphatic heterocycles. The van der Waals surface area contributed by atoms with Crippen LogP contribution in [0.2, 0.25) is 10.0 Å². The Morgan fingerprint density at radius 1 is 1.08 bits per heavy atom. The third kappa shape index (κ3) is 4.69. The van der Waals surface area contributed by atoms with Gasteiger partial charge in [0.25, 0.3) is 0 Å². The van der Waals surface area contributed by atoms with Crippen molar-refractivity contribution in [1.82, 2.24) is 0 Å². The van der Waals surface area contributed by atoms with E-state index in [9.17, 15) is 13.2 Å². The zero-order chi connectivity index (χ0) is 19.6. The lowest BCUT2D eigenvalue weighted by Gasteiger charge is -2.29. The third-order valence-corrected chi connectivity index (χ3v) is 5.63. The van der Waals surface area contributed by atoms with Crippen molar-refractivity contribution >= 4 is 50.5 Å². The number of carbonyl (C=O) groups excluding carboxylic acids is 1. The van der Waals surface area contributed by atoms with Crippen LogP contribution in [-0.4, -0.2) is 26.6 Å². The second-order valence-electron chi connectivity index (χ2n) is 6.17. The fraction of sp³-hybridized carbons (Fsp3) is 0.278. The fourth-order valence-electron chi connectivity index (χ4n) is 2.73. The van der Waals surface area contributed by atoms with Gasteiger partial charge in [-0.25, -0.2) is 8.42 Å². The lowest BCUT2D eigenvalue weighted by atomic mass is 10.1. The summed E-state index contributed by atoms with van der Waals surface area (Å²) >= 11 is 12.2. The first kappa shape index (κ1) is 20.6. The number of anilines is 2. The van der Waals surface area contributed by atoms with Crippen molar-refractivity contribution in [3.8, 4) is 0 Å². The summed E-state index contributed by atoms with van der Waals surface area (Å²) < 4.78 is 25.9. The Balaban J connectivity index is 2.41. The summed E-state index contributed by atoms with van der Waals surface area (Å²) in [6.07, 6.45) is 1.07. The molecule has 0 spiro atoms. The van der Waals surface area contributed by atoms with Gasteiger partial charge in [-0.05, 0) is 56.2 Å². The molecule has 1 N–H and O–H groups in total. The van der Waals surface area contributed by atoms with Gasteiger partial charge >= 0.3 is 0 Å². The van der Waals surface area contributed by atoms with Gasteiger partial charge in [-0.15, -0.1) is 0 Å². The Morgan fingerprint density at radius 2 is 1.58 bits per heavy atom. The Kier molecular flexibility index (Phi) is 6.21. The molecular weight excluding hydrogens is 395 g/mol. The summed E-state index contributed by atoms with van der Waals surface area (Å²) in [5.41, 5.74) is 2.48. The van der Waals surface area contributed by atoms with Crippen LogP contribution in [0.4, 0.5) is 11.4 Å². The monoisotopic (exact) mass is 414 g/mol. The van der Waals surface area contributed by atoms with Crippen LogP contribution in [0.5, 0.6) is 0 Å². The average Bonchev–Trinajstić information content (AvgIpc) is 2.48. The van der Waals surface area contributed by atoms with Crippen molar-refractivity contribution in [2.24, 2.45) is 0 Å². The first-order valence-corrected chi connectivity index (χ1v) is 10.4. The van der Waals surface area contributed by atoms with Gasteiger partial charge in [0.05, 0.1) is 27.7 Å². The van der Waals surface area contributed by atoms with Crippen LogP contribution >= 0.6 is 23.2 Å². The smallest absolute Gasteiger partial charge is 0.248 e. The molecule has 5 nitrogen and oxygen atoms in total. The molecule has 0 aliphatic carbocycles. The standard InChI is InChI=1S/C18H20Cl2N2O3S/c1-11-8-12(2)10-14(9-11)22(26(4,24)25)13(3)18(23)21-17-15(19)6-5-7-16(17)20/h5-10,13H,1-4H3,(H,21,23)/t13-/m1/s1. The minimum Gasteiger partial charge on any atom is -0.322 e. The Morgan fingerprint density at radius 3 is 2.04 bits per heavy atom. The van der Waals surface area contributed by atoms with Gasteiger partial charge in [0.1, 0.15) is 6.04 Å². The highest BCUT2D eigenvalue weighted by atomic mass is 35.5. The van der Waals surface area contributed by atoms with Crippen LogP contribution in [0, 0.1) is 13.8 Å². The maximum Gasteiger partial charge on any atom is 0.248 e. The van der Waals surface area contributed by atoms with Crippen molar-refractivity contribution in [3.05, 3.63) is 57.6 Å². The van der Waals surface area contributed by atoms with E-state index in [1.807, 2.05) is 19.9 Å². The number of rotatable bonds is 5. The molecule has 0 radical (unpaired) electrons. The molecule has 0 saturated heterocycles. The number of halogens is 2. The molecule has 0 bridgehead atoms. The number of benzene rings is 2. The largest absolute Gasteiger partial charge is 0.322 e. The number of carbonyl (C=O) groups is 1. The molecule has 2 rings (SSSR count).